The van der Waals surface area contributed by atoms with Crippen molar-refractivity contribution in [2.45, 2.75) is 33.1 Å². The van der Waals surface area contributed by atoms with Crippen LogP contribution < -0.4 is 5.73 Å². The number of aromatic nitrogens is 6. The Morgan fingerprint density at radius 1 is 1.16 bits per heavy atom. The molecule has 1 amide bonds. The SMILES string of the molecule is Cc1cnc(C(=O)N(C)CCCCc2nc3c4cc(F)cc(C)c4nc(N)n3n2)cn1. The fourth-order valence-electron chi connectivity index (χ4n) is 3.44. The summed E-state index contributed by atoms with van der Waals surface area (Å²) in [6, 6.07) is 2.82. The maximum atomic E-state index is 13.9. The fourth-order valence-corrected chi connectivity index (χ4v) is 3.44. The van der Waals surface area contributed by atoms with E-state index in [-0.39, 0.29) is 17.7 Å². The minimum Gasteiger partial charge on any atom is -0.368 e. The largest absolute Gasteiger partial charge is 0.368 e. The highest BCUT2D eigenvalue weighted by Gasteiger charge is 2.15. The molecule has 0 saturated carbocycles. The van der Waals surface area contributed by atoms with Crippen LogP contribution in [-0.4, -0.2) is 53.9 Å². The fraction of sp³-hybridized carbons (Fsp3) is 0.333. The molecule has 0 saturated heterocycles. The third kappa shape index (κ3) is 4.14. The predicted molar refractivity (Wildman–Crippen MR) is 114 cm³/mol. The number of halogens is 1. The van der Waals surface area contributed by atoms with E-state index in [0.29, 0.717) is 46.6 Å². The topological polar surface area (TPSA) is 115 Å². The monoisotopic (exact) mass is 422 g/mol. The quantitative estimate of drug-likeness (QED) is 0.475. The van der Waals surface area contributed by atoms with E-state index in [1.54, 1.807) is 25.1 Å². The molecule has 0 bridgehead atoms. The summed E-state index contributed by atoms with van der Waals surface area (Å²) >= 11 is 0. The van der Waals surface area contributed by atoms with E-state index in [1.165, 1.54) is 22.8 Å². The van der Waals surface area contributed by atoms with Gasteiger partial charge < -0.3 is 10.6 Å². The second-order valence-electron chi connectivity index (χ2n) is 7.58. The minimum atomic E-state index is -0.353. The Morgan fingerprint density at radius 3 is 2.71 bits per heavy atom. The molecule has 0 fully saturated rings. The van der Waals surface area contributed by atoms with Crippen molar-refractivity contribution in [3.8, 4) is 0 Å². The lowest BCUT2D eigenvalue weighted by molar-refractivity contribution is 0.0786. The first kappa shape index (κ1) is 20.6. The summed E-state index contributed by atoms with van der Waals surface area (Å²) in [6.07, 6.45) is 5.20. The van der Waals surface area contributed by atoms with Crippen LogP contribution in [0, 0.1) is 19.7 Å². The Labute approximate surface area is 178 Å². The van der Waals surface area contributed by atoms with E-state index >= 15 is 0 Å². The van der Waals surface area contributed by atoms with E-state index in [1.807, 2.05) is 6.92 Å². The summed E-state index contributed by atoms with van der Waals surface area (Å²) in [5.41, 5.74) is 8.93. The number of hydrogen-bond acceptors (Lipinski definition) is 7. The van der Waals surface area contributed by atoms with Crippen molar-refractivity contribution < 1.29 is 9.18 Å². The van der Waals surface area contributed by atoms with Gasteiger partial charge in [-0.25, -0.2) is 19.3 Å². The summed E-state index contributed by atoms with van der Waals surface area (Å²) in [6.45, 7) is 4.17. The van der Waals surface area contributed by atoms with Crippen LogP contribution in [0.15, 0.2) is 24.5 Å². The number of fused-ring (bicyclic) bond motifs is 3. The van der Waals surface area contributed by atoms with Gasteiger partial charge >= 0.3 is 0 Å². The summed E-state index contributed by atoms with van der Waals surface area (Å²) < 4.78 is 15.4. The van der Waals surface area contributed by atoms with Crippen molar-refractivity contribution in [2.75, 3.05) is 19.3 Å². The highest BCUT2D eigenvalue weighted by molar-refractivity contribution is 5.94. The number of anilines is 1. The van der Waals surface area contributed by atoms with Crippen LogP contribution in [0.3, 0.4) is 0 Å². The van der Waals surface area contributed by atoms with E-state index in [0.717, 1.165) is 18.5 Å². The Hall–Kier alpha value is -3.69. The van der Waals surface area contributed by atoms with Gasteiger partial charge in [-0.15, -0.1) is 5.10 Å². The van der Waals surface area contributed by atoms with Gasteiger partial charge in [0, 0.05) is 31.6 Å². The molecule has 31 heavy (non-hydrogen) atoms. The number of nitrogens with zero attached hydrogens (tertiary/aromatic N) is 7. The number of aryl methyl sites for hydroxylation is 3. The van der Waals surface area contributed by atoms with E-state index in [9.17, 15) is 9.18 Å². The van der Waals surface area contributed by atoms with Crippen LogP contribution in [-0.2, 0) is 6.42 Å². The number of hydrogen-bond donors (Lipinski definition) is 1. The zero-order valence-corrected chi connectivity index (χ0v) is 17.6. The van der Waals surface area contributed by atoms with E-state index in [4.69, 9.17) is 5.73 Å². The lowest BCUT2D eigenvalue weighted by Gasteiger charge is -2.16. The van der Waals surface area contributed by atoms with E-state index < -0.39 is 0 Å². The Balaban J connectivity index is 1.42. The van der Waals surface area contributed by atoms with Crippen molar-refractivity contribution in [3.63, 3.8) is 0 Å². The average Bonchev–Trinajstić information content (AvgIpc) is 3.17. The number of carbonyl (C=O) groups is 1. The highest BCUT2D eigenvalue weighted by atomic mass is 19.1. The first-order valence-corrected chi connectivity index (χ1v) is 9.98. The normalized spacial score (nSPS) is 11.4. The third-order valence-corrected chi connectivity index (χ3v) is 5.09. The first-order chi connectivity index (χ1) is 14.8. The van der Waals surface area contributed by atoms with Crippen LogP contribution in [0.1, 0.15) is 40.4 Å². The van der Waals surface area contributed by atoms with Gasteiger partial charge in [-0.3, -0.25) is 9.78 Å². The maximum Gasteiger partial charge on any atom is 0.273 e. The van der Waals surface area contributed by atoms with Crippen LogP contribution in [0.25, 0.3) is 16.6 Å². The number of nitrogens with two attached hydrogens (primary N) is 1. The number of nitrogen functional groups attached to an aromatic ring is 1. The molecule has 0 aliphatic rings. The van der Waals surface area contributed by atoms with Gasteiger partial charge in [0.05, 0.1) is 17.4 Å². The van der Waals surface area contributed by atoms with Gasteiger partial charge in [-0.2, -0.15) is 4.52 Å². The smallest absolute Gasteiger partial charge is 0.273 e. The molecule has 0 aliphatic carbocycles. The molecule has 160 valence electrons. The van der Waals surface area contributed by atoms with Crippen LogP contribution >= 0.6 is 0 Å². The molecular weight excluding hydrogens is 399 g/mol. The lowest BCUT2D eigenvalue weighted by atomic mass is 10.1. The Kier molecular flexibility index (Phi) is 5.45. The molecule has 0 spiro atoms. The van der Waals surface area contributed by atoms with Crippen LogP contribution in [0.2, 0.25) is 0 Å². The van der Waals surface area contributed by atoms with Crippen molar-refractivity contribution in [1.29, 1.82) is 0 Å². The summed E-state index contributed by atoms with van der Waals surface area (Å²) in [4.78, 5) is 31.2. The molecule has 0 atom stereocenters. The Bertz CT molecular complexity index is 1270. The van der Waals surface area contributed by atoms with Gasteiger partial charge in [-0.05, 0) is 44.4 Å². The van der Waals surface area contributed by atoms with Crippen molar-refractivity contribution in [1.82, 2.24) is 34.4 Å². The van der Waals surface area contributed by atoms with E-state index in [2.05, 4.69) is 25.0 Å². The Morgan fingerprint density at radius 2 is 1.97 bits per heavy atom. The van der Waals surface area contributed by atoms with Crippen molar-refractivity contribution in [3.05, 3.63) is 53.1 Å². The third-order valence-electron chi connectivity index (χ3n) is 5.09. The van der Waals surface area contributed by atoms with Gasteiger partial charge in [0.25, 0.3) is 5.91 Å². The molecule has 0 radical (unpaired) electrons. The van der Waals surface area contributed by atoms with Crippen LogP contribution in [0.5, 0.6) is 0 Å². The molecule has 4 aromatic rings. The van der Waals surface area contributed by atoms with Gasteiger partial charge in [0.2, 0.25) is 5.95 Å². The summed E-state index contributed by atoms with van der Waals surface area (Å²) in [5, 5.41) is 5.00. The van der Waals surface area contributed by atoms with Gasteiger partial charge in [0.1, 0.15) is 11.5 Å². The molecule has 0 unspecified atom stereocenters. The lowest BCUT2D eigenvalue weighted by Crippen LogP contribution is -2.28. The number of benzene rings is 1. The maximum absolute atomic E-state index is 13.9. The highest BCUT2D eigenvalue weighted by Crippen LogP contribution is 2.24. The second-order valence-corrected chi connectivity index (χ2v) is 7.58. The van der Waals surface area contributed by atoms with Gasteiger partial charge in [0.15, 0.2) is 11.5 Å². The first-order valence-electron chi connectivity index (χ1n) is 9.98. The summed E-state index contributed by atoms with van der Waals surface area (Å²) in [5.74, 6) is 0.289. The van der Waals surface area contributed by atoms with Gasteiger partial charge in [-0.1, -0.05) is 0 Å². The minimum absolute atomic E-state index is 0.166. The molecule has 3 aromatic heterocycles. The molecule has 0 aliphatic heterocycles. The number of carbonyl (C=O) groups excluding carboxylic acids is 1. The molecule has 1 aromatic carbocycles. The molecule has 4 rings (SSSR count). The number of rotatable bonds is 6. The predicted octanol–water partition coefficient (Wildman–Crippen LogP) is 2.50. The molecule has 10 heteroatoms. The second kappa shape index (κ2) is 8.21. The molecule has 2 N–H and O–H groups in total. The van der Waals surface area contributed by atoms with Crippen molar-refractivity contribution in [2.24, 2.45) is 0 Å². The molecule has 9 nitrogen and oxygen atoms in total. The standard InChI is InChI=1S/C21H23FN8O/c1-12-8-14(22)9-15-18(12)27-21(23)30-19(15)26-17(28-30)6-4-5-7-29(3)20(31)16-11-24-13(2)10-25-16/h8-11H,4-7H2,1-3H3,(H2,23,27). The molecule has 3 heterocycles. The number of unbranched alkanes of at least 4 members (excludes halogenated alkanes) is 1. The zero-order chi connectivity index (χ0) is 22.1. The molecular formula is C21H23FN8O. The average molecular weight is 422 g/mol. The van der Waals surface area contributed by atoms with Crippen LogP contribution in [0.4, 0.5) is 10.3 Å². The zero-order valence-electron chi connectivity index (χ0n) is 17.6. The summed E-state index contributed by atoms with van der Waals surface area (Å²) in [7, 11) is 1.74. The van der Waals surface area contributed by atoms with Crippen molar-refractivity contribution >= 4 is 28.4 Å². The number of amides is 1.